The molecule has 0 radical (unpaired) electrons. The minimum Gasteiger partial charge on any atom is -0.453 e. The Bertz CT molecular complexity index is 1690. The summed E-state index contributed by atoms with van der Waals surface area (Å²) < 4.78 is 7.89. The molecule has 0 aliphatic carbocycles. The van der Waals surface area contributed by atoms with Gasteiger partial charge in [0.15, 0.2) is 0 Å². The zero-order chi connectivity index (χ0) is 26.2. The fraction of sp³-hybridized carbons (Fsp3) is 0.192. The average molecular weight is 510 g/mol. The number of tetrazole rings is 1. The van der Waals surface area contributed by atoms with Crippen molar-refractivity contribution < 1.29 is 9.53 Å². The smallest absolute Gasteiger partial charge is 0.411 e. The van der Waals surface area contributed by atoms with Crippen LogP contribution >= 0.6 is 0 Å². The second-order valence-corrected chi connectivity index (χ2v) is 8.97. The molecule has 3 aromatic heterocycles. The molecule has 1 aliphatic rings. The number of imidazole rings is 1. The topological polar surface area (TPSA) is 146 Å². The van der Waals surface area contributed by atoms with Crippen LogP contribution in [0.4, 0.5) is 10.5 Å². The molecular weight excluding hydrogens is 486 g/mol. The fourth-order valence-corrected chi connectivity index (χ4v) is 4.72. The van der Waals surface area contributed by atoms with Gasteiger partial charge in [0.05, 0.1) is 36.4 Å². The summed E-state index contributed by atoms with van der Waals surface area (Å²) in [4.78, 5) is 37.6. The zero-order valence-corrected chi connectivity index (χ0v) is 20.6. The van der Waals surface area contributed by atoms with Gasteiger partial charge in [-0.3, -0.25) is 14.7 Å². The molecule has 38 heavy (non-hydrogen) atoms. The van der Waals surface area contributed by atoms with E-state index in [0.29, 0.717) is 35.9 Å². The third-order valence-electron chi connectivity index (χ3n) is 6.54. The molecule has 0 unspecified atom stereocenters. The molecule has 5 aromatic rings. The first-order valence-electron chi connectivity index (χ1n) is 12.0. The highest BCUT2D eigenvalue weighted by molar-refractivity contribution is 5.84. The van der Waals surface area contributed by atoms with Crippen LogP contribution in [0.5, 0.6) is 0 Å². The van der Waals surface area contributed by atoms with E-state index in [1.165, 1.54) is 13.4 Å². The lowest BCUT2D eigenvalue weighted by Crippen LogP contribution is -2.25. The zero-order valence-electron chi connectivity index (χ0n) is 20.6. The number of rotatable bonds is 5. The first-order valence-corrected chi connectivity index (χ1v) is 12.0. The van der Waals surface area contributed by atoms with Gasteiger partial charge < -0.3 is 9.72 Å². The second-order valence-electron chi connectivity index (χ2n) is 8.97. The van der Waals surface area contributed by atoms with E-state index in [4.69, 9.17) is 4.98 Å². The Balaban J connectivity index is 1.30. The molecule has 1 amide bonds. The van der Waals surface area contributed by atoms with Gasteiger partial charge in [-0.2, -0.15) is 4.68 Å². The highest BCUT2D eigenvalue weighted by atomic mass is 16.5. The van der Waals surface area contributed by atoms with E-state index in [0.717, 1.165) is 28.1 Å². The molecule has 0 spiro atoms. The number of aryl methyl sites for hydroxylation is 2. The van der Waals surface area contributed by atoms with Gasteiger partial charge in [-0.1, -0.05) is 23.8 Å². The number of amides is 1. The number of benzene rings is 2. The van der Waals surface area contributed by atoms with E-state index in [9.17, 15) is 9.59 Å². The number of methoxy groups -OCH3 is 1. The molecule has 0 bridgehead atoms. The lowest BCUT2D eigenvalue weighted by Gasteiger charge is -2.14. The standard InChI is InChI=1S/C26H23N9O3/c1-15-3-8-21(34-14-28-32-33-34)18(11-15)19-12-24(36)35-22(9-10-23(35)30-19)25-27-13-20(31-25)16-4-6-17(7-5-16)29-26(37)38-2/h3-8,11-14,22H,9-10H2,1-2H3,(H,27,31)(H,29,37)/t22-/m0/s1. The summed E-state index contributed by atoms with van der Waals surface area (Å²) in [6, 6.07) is 14.5. The lowest BCUT2D eigenvalue weighted by molar-refractivity contribution is 0.187. The maximum Gasteiger partial charge on any atom is 0.411 e. The maximum atomic E-state index is 13.4. The summed E-state index contributed by atoms with van der Waals surface area (Å²) in [5, 5.41) is 14.1. The van der Waals surface area contributed by atoms with Crippen LogP contribution in [-0.4, -0.2) is 52.9 Å². The van der Waals surface area contributed by atoms with Crippen LogP contribution in [-0.2, 0) is 11.2 Å². The Morgan fingerprint density at radius 3 is 2.76 bits per heavy atom. The van der Waals surface area contributed by atoms with Crippen LogP contribution in [0.15, 0.2) is 65.8 Å². The van der Waals surface area contributed by atoms with Crippen molar-refractivity contribution in [2.45, 2.75) is 25.8 Å². The molecule has 0 fully saturated rings. The number of carbonyl (C=O) groups is 1. The molecular formula is C26H23N9O3. The van der Waals surface area contributed by atoms with Crippen molar-refractivity contribution in [2.75, 3.05) is 12.4 Å². The number of aromatic amines is 1. The molecule has 1 atom stereocenters. The van der Waals surface area contributed by atoms with Gasteiger partial charge in [0.1, 0.15) is 18.0 Å². The van der Waals surface area contributed by atoms with Crippen molar-refractivity contribution in [1.29, 1.82) is 0 Å². The quantitative estimate of drug-likeness (QED) is 0.367. The first kappa shape index (κ1) is 23.3. The van der Waals surface area contributed by atoms with Crippen LogP contribution in [0.2, 0.25) is 0 Å². The molecule has 0 saturated heterocycles. The molecule has 2 aromatic carbocycles. The summed E-state index contributed by atoms with van der Waals surface area (Å²) in [5.74, 6) is 1.40. The Morgan fingerprint density at radius 2 is 2.00 bits per heavy atom. The predicted molar refractivity (Wildman–Crippen MR) is 138 cm³/mol. The van der Waals surface area contributed by atoms with Crippen molar-refractivity contribution in [3.63, 3.8) is 0 Å². The normalized spacial score (nSPS) is 14.3. The molecule has 12 nitrogen and oxygen atoms in total. The predicted octanol–water partition coefficient (Wildman–Crippen LogP) is 3.30. The molecule has 2 N–H and O–H groups in total. The summed E-state index contributed by atoms with van der Waals surface area (Å²) in [6.07, 6.45) is 4.08. The number of ether oxygens (including phenoxy) is 1. The number of nitrogens with one attached hydrogen (secondary N) is 2. The van der Waals surface area contributed by atoms with Gasteiger partial charge >= 0.3 is 6.09 Å². The highest BCUT2D eigenvalue weighted by Crippen LogP contribution is 2.32. The van der Waals surface area contributed by atoms with Gasteiger partial charge in [-0.15, -0.1) is 5.10 Å². The van der Waals surface area contributed by atoms with E-state index >= 15 is 0 Å². The van der Waals surface area contributed by atoms with Crippen LogP contribution in [0.25, 0.3) is 28.2 Å². The third kappa shape index (κ3) is 4.21. The highest BCUT2D eigenvalue weighted by Gasteiger charge is 2.29. The number of hydrogen-bond acceptors (Lipinski definition) is 8. The SMILES string of the molecule is COC(=O)Nc1ccc(-c2cnc([C@@H]3CCc4nc(-c5cc(C)ccc5-n5cnnn5)cc(=O)n43)[nH]2)cc1. The molecule has 0 saturated carbocycles. The van der Waals surface area contributed by atoms with Gasteiger partial charge in [0.25, 0.3) is 5.56 Å². The molecule has 6 rings (SSSR count). The van der Waals surface area contributed by atoms with Crippen molar-refractivity contribution >= 4 is 11.8 Å². The number of hydrogen-bond donors (Lipinski definition) is 2. The van der Waals surface area contributed by atoms with Gasteiger partial charge in [0, 0.05) is 23.7 Å². The number of fused-ring (bicyclic) bond motifs is 1. The van der Waals surface area contributed by atoms with Crippen LogP contribution in [0, 0.1) is 6.92 Å². The van der Waals surface area contributed by atoms with E-state index in [2.05, 4.69) is 35.5 Å². The van der Waals surface area contributed by atoms with Gasteiger partial charge in [-0.05, 0) is 53.6 Å². The third-order valence-corrected chi connectivity index (χ3v) is 6.54. The fourth-order valence-electron chi connectivity index (χ4n) is 4.72. The maximum absolute atomic E-state index is 13.4. The number of H-pyrrole nitrogens is 1. The first-order chi connectivity index (χ1) is 18.5. The van der Waals surface area contributed by atoms with E-state index in [1.807, 2.05) is 37.3 Å². The van der Waals surface area contributed by atoms with E-state index in [-0.39, 0.29) is 11.6 Å². The second kappa shape index (κ2) is 9.39. The van der Waals surface area contributed by atoms with Crippen LogP contribution in [0.3, 0.4) is 0 Å². The summed E-state index contributed by atoms with van der Waals surface area (Å²) in [7, 11) is 1.31. The van der Waals surface area contributed by atoms with Crippen molar-refractivity contribution in [1.82, 2.24) is 39.7 Å². The van der Waals surface area contributed by atoms with E-state index in [1.54, 1.807) is 33.6 Å². The number of nitrogens with zero attached hydrogens (tertiary/aromatic N) is 7. The van der Waals surface area contributed by atoms with Gasteiger partial charge in [-0.25, -0.2) is 14.8 Å². The molecule has 12 heteroatoms. The number of aromatic nitrogens is 8. The minimum atomic E-state index is -0.530. The van der Waals surface area contributed by atoms with E-state index < -0.39 is 6.09 Å². The van der Waals surface area contributed by atoms with Crippen LogP contribution < -0.4 is 10.9 Å². The Hall–Kier alpha value is -5.13. The monoisotopic (exact) mass is 509 g/mol. The average Bonchev–Trinajstić information content (AvgIpc) is 3.70. The number of anilines is 1. The molecule has 1 aliphatic heterocycles. The Kier molecular flexibility index (Phi) is 5.75. The Labute approximate surface area is 216 Å². The summed E-state index contributed by atoms with van der Waals surface area (Å²) in [6.45, 7) is 1.99. The van der Waals surface area contributed by atoms with Crippen molar-refractivity contribution in [3.05, 3.63) is 88.6 Å². The lowest BCUT2D eigenvalue weighted by atomic mass is 10.1. The summed E-state index contributed by atoms with van der Waals surface area (Å²) in [5.41, 5.74) is 5.32. The Morgan fingerprint density at radius 1 is 1.16 bits per heavy atom. The van der Waals surface area contributed by atoms with Crippen molar-refractivity contribution in [3.8, 4) is 28.2 Å². The largest absolute Gasteiger partial charge is 0.453 e. The molecule has 190 valence electrons. The number of carbonyl (C=O) groups excluding carboxylic acids is 1. The van der Waals surface area contributed by atoms with Gasteiger partial charge in [0.2, 0.25) is 0 Å². The minimum absolute atomic E-state index is 0.146. The summed E-state index contributed by atoms with van der Waals surface area (Å²) >= 11 is 0. The van der Waals surface area contributed by atoms with Crippen molar-refractivity contribution in [2.24, 2.45) is 0 Å². The molecule has 4 heterocycles. The van der Waals surface area contributed by atoms with Crippen LogP contribution in [0.1, 0.15) is 29.7 Å².